The zero-order chi connectivity index (χ0) is 11.4. The molecular weight excluding hydrogens is 212 g/mol. The summed E-state index contributed by atoms with van der Waals surface area (Å²) in [7, 11) is 0. The number of nitrogens with zero attached hydrogens (tertiary/aromatic N) is 1. The zero-order valence-corrected chi connectivity index (χ0v) is 9.30. The van der Waals surface area contributed by atoms with Crippen LogP contribution in [0.4, 0.5) is 0 Å². The van der Waals surface area contributed by atoms with Crippen LogP contribution in [0.25, 0.3) is 0 Å². The summed E-state index contributed by atoms with van der Waals surface area (Å²) in [4.78, 5) is 11.6. The summed E-state index contributed by atoms with van der Waals surface area (Å²) >= 11 is 5.75. The molecule has 1 N–H and O–H groups in total. The normalized spacial score (nSPS) is 9.80. The fraction of sp³-hybridized carbons (Fsp3) is 0.273. The molecule has 15 heavy (non-hydrogen) atoms. The molecule has 0 saturated carbocycles. The Morgan fingerprint density at radius 2 is 2.20 bits per heavy atom. The Morgan fingerprint density at radius 1 is 1.53 bits per heavy atom. The van der Waals surface area contributed by atoms with Crippen LogP contribution in [0, 0.1) is 11.3 Å². The molecule has 0 aromatic heterocycles. The molecule has 1 aromatic carbocycles. The van der Waals surface area contributed by atoms with Crippen molar-refractivity contribution in [3.05, 3.63) is 34.3 Å². The van der Waals surface area contributed by atoms with Crippen LogP contribution in [0.1, 0.15) is 29.8 Å². The molecule has 1 rings (SSSR count). The van der Waals surface area contributed by atoms with Crippen LogP contribution < -0.4 is 5.32 Å². The maximum Gasteiger partial charge on any atom is 0.251 e. The highest BCUT2D eigenvalue weighted by atomic mass is 35.5. The lowest BCUT2D eigenvalue weighted by Gasteiger charge is -2.08. The van der Waals surface area contributed by atoms with E-state index < -0.39 is 0 Å². The van der Waals surface area contributed by atoms with E-state index in [1.165, 1.54) is 6.07 Å². The summed E-state index contributed by atoms with van der Waals surface area (Å²) in [6.45, 7) is 3.75. The largest absolute Gasteiger partial charge is 0.350 e. The molecule has 0 fully saturated rings. The predicted octanol–water partition coefficient (Wildman–Crippen LogP) is 2.35. The van der Waals surface area contributed by atoms with Crippen LogP contribution in [0.3, 0.4) is 0 Å². The van der Waals surface area contributed by atoms with Crippen LogP contribution in [0.5, 0.6) is 0 Å². The molecule has 0 bridgehead atoms. The zero-order valence-electron chi connectivity index (χ0n) is 8.54. The van der Waals surface area contributed by atoms with Gasteiger partial charge in [0.25, 0.3) is 5.91 Å². The first kappa shape index (κ1) is 11.5. The second-order valence-electron chi connectivity index (χ2n) is 3.43. The number of carbonyl (C=O) groups excluding carboxylic acids is 1. The number of carbonyl (C=O) groups is 1. The number of benzene rings is 1. The fourth-order valence-electron chi connectivity index (χ4n) is 1.10. The van der Waals surface area contributed by atoms with Gasteiger partial charge in [-0.3, -0.25) is 4.79 Å². The second-order valence-corrected chi connectivity index (χ2v) is 3.84. The average molecular weight is 223 g/mol. The Kier molecular flexibility index (Phi) is 3.70. The molecule has 78 valence electrons. The molecule has 0 atom stereocenters. The Bertz CT molecular complexity index is 421. The van der Waals surface area contributed by atoms with Crippen molar-refractivity contribution in [3.8, 4) is 6.07 Å². The van der Waals surface area contributed by atoms with Gasteiger partial charge in [0.1, 0.15) is 6.07 Å². The highest BCUT2D eigenvalue weighted by molar-refractivity contribution is 6.31. The number of nitrogens with one attached hydrogen (secondary N) is 1. The lowest BCUT2D eigenvalue weighted by atomic mass is 10.1. The van der Waals surface area contributed by atoms with E-state index in [2.05, 4.69) is 5.32 Å². The second kappa shape index (κ2) is 4.81. The third-order valence-corrected chi connectivity index (χ3v) is 2.10. The summed E-state index contributed by atoms with van der Waals surface area (Å²) < 4.78 is 0. The lowest BCUT2D eigenvalue weighted by molar-refractivity contribution is 0.0943. The van der Waals surface area contributed by atoms with E-state index in [4.69, 9.17) is 16.9 Å². The average Bonchev–Trinajstić information content (AvgIpc) is 2.17. The standard InChI is InChI=1S/C11H11ClN2O/c1-7(2)14-11(15)8-3-4-10(12)9(5-8)6-13/h3-5,7H,1-2H3,(H,14,15). The maximum absolute atomic E-state index is 11.6. The molecule has 3 nitrogen and oxygen atoms in total. The van der Waals surface area contributed by atoms with E-state index in [9.17, 15) is 4.79 Å². The van der Waals surface area contributed by atoms with Crippen LogP contribution in [-0.2, 0) is 0 Å². The monoisotopic (exact) mass is 222 g/mol. The number of hydrogen-bond donors (Lipinski definition) is 1. The minimum atomic E-state index is -0.196. The molecule has 0 radical (unpaired) electrons. The van der Waals surface area contributed by atoms with Gasteiger partial charge in [-0.15, -0.1) is 0 Å². The molecule has 1 aromatic rings. The number of rotatable bonds is 2. The SMILES string of the molecule is CC(C)NC(=O)c1ccc(Cl)c(C#N)c1. The first-order valence-electron chi connectivity index (χ1n) is 4.55. The first-order chi connectivity index (χ1) is 7.04. The summed E-state index contributed by atoms with van der Waals surface area (Å²) in [6, 6.07) is 6.64. The van der Waals surface area contributed by atoms with E-state index in [0.717, 1.165) is 0 Å². The molecule has 0 spiro atoms. The first-order valence-corrected chi connectivity index (χ1v) is 4.93. The van der Waals surface area contributed by atoms with E-state index in [1.807, 2.05) is 19.9 Å². The quantitative estimate of drug-likeness (QED) is 0.835. The van der Waals surface area contributed by atoms with Gasteiger partial charge in [0.15, 0.2) is 0 Å². The lowest BCUT2D eigenvalue weighted by Crippen LogP contribution is -2.30. The van der Waals surface area contributed by atoms with Crippen molar-refractivity contribution in [2.24, 2.45) is 0 Å². The molecule has 1 amide bonds. The number of halogens is 1. The number of amides is 1. The predicted molar refractivity (Wildman–Crippen MR) is 58.8 cm³/mol. The van der Waals surface area contributed by atoms with E-state index in [1.54, 1.807) is 12.1 Å². The van der Waals surface area contributed by atoms with Gasteiger partial charge in [0.2, 0.25) is 0 Å². The molecule has 0 heterocycles. The van der Waals surface area contributed by atoms with Crippen LogP contribution in [0.15, 0.2) is 18.2 Å². The van der Waals surface area contributed by atoms with Gasteiger partial charge in [0.05, 0.1) is 10.6 Å². The Morgan fingerprint density at radius 3 is 2.73 bits per heavy atom. The van der Waals surface area contributed by atoms with Gasteiger partial charge in [-0.2, -0.15) is 5.26 Å². The third kappa shape index (κ3) is 2.97. The van der Waals surface area contributed by atoms with Gasteiger partial charge in [-0.05, 0) is 32.0 Å². The minimum absolute atomic E-state index is 0.0683. The third-order valence-electron chi connectivity index (χ3n) is 1.77. The van der Waals surface area contributed by atoms with Crippen molar-refractivity contribution in [2.45, 2.75) is 19.9 Å². The van der Waals surface area contributed by atoms with Crippen molar-refractivity contribution < 1.29 is 4.79 Å². The van der Waals surface area contributed by atoms with Gasteiger partial charge in [-0.25, -0.2) is 0 Å². The van der Waals surface area contributed by atoms with Gasteiger partial charge >= 0.3 is 0 Å². The molecule has 4 heteroatoms. The van der Waals surface area contributed by atoms with Gasteiger partial charge in [-0.1, -0.05) is 11.6 Å². The molecule has 0 aliphatic heterocycles. The fourth-order valence-corrected chi connectivity index (χ4v) is 1.26. The highest BCUT2D eigenvalue weighted by Gasteiger charge is 2.09. The molecule has 0 unspecified atom stereocenters. The van der Waals surface area contributed by atoms with Crippen LogP contribution in [-0.4, -0.2) is 11.9 Å². The van der Waals surface area contributed by atoms with E-state index in [0.29, 0.717) is 16.1 Å². The van der Waals surface area contributed by atoms with Gasteiger partial charge < -0.3 is 5.32 Å². The van der Waals surface area contributed by atoms with Crippen molar-refractivity contribution in [3.63, 3.8) is 0 Å². The van der Waals surface area contributed by atoms with Crippen molar-refractivity contribution in [1.29, 1.82) is 5.26 Å². The Hall–Kier alpha value is -1.53. The number of nitriles is 1. The smallest absolute Gasteiger partial charge is 0.251 e. The van der Waals surface area contributed by atoms with Crippen molar-refractivity contribution in [1.82, 2.24) is 5.32 Å². The summed E-state index contributed by atoms with van der Waals surface area (Å²) in [5.41, 5.74) is 0.762. The topological polar surface area (TPSA) is 52.9 Å². The van der Waals surface area contributed by atoms with E-state index >= 15 is 0 Å². The summed E-state index contributed by atoms with van der Waals surface area (Å²) in [6.07, 6.45) is 0. The number of hydrogen-bond acceptors (Lipinski definition) is 2. The Labute approximate surface area is 93.7 Å². The maximum atomic E-state index is 11.6. The molecule has 0 aliphatic carbocycles. The van der Waals surface area contributed by atoms with Crippen molar-refractivity contribution >= 4 is 17.5 Å². The molecule has 0 saturated heterocycles. The minimum Gasteiger partial charge on any atom is -0.350 e. The van der Waals surface area contributed by atoms with Crippen LogP contribution >= 0.6 is 11.6 Å². The summed E-state index contributed by atoms with van der Waals surface area (Å²) in [5, 5.41) is 11.8. The molecule has 0 aliphatic rings. The highest BCUT2D eigenvalue weighted by Crippen LogP contribution is 2.16. The van der Waals surface area contributed by atoms with Crippen molar-refractivity contribution in [2.75, 3.05) is 0 Å². The Balaban J connectivity index is 2.97. The summed E-state index contributed by atoms with van der Waals surface area (Å²) in [5.74, 6) is -0.196. The van der Waals surface area contributed by atoms with Crippen LogP contribution in [0.2, 0.25) is 5.02 Å². The van der Waals surface area contributed by atoms with Gasteiger partial charge in [0, 0.05) is 11.6 Å². The molecular formula is C11H11ClN2O. The van der Waals surface area contributed by atoms with E-state index in [-0.39, 0.29) is 11.9 Å².